The van der Waals surface area contributed by atoms with E-state index in [1.165, 1.54) is 18.9 Å². The Hall–Kier alpha value is -0.640. The fourth-order valence-corrected chi connectivity index (χ4v) is 3.58. The SMILES string of the molecule is CC(C)C1CNC(C2CC2)CN1Cc1ccc(F)c(Cl)c1. The van der Waals surface area contributed by atoms with Crippen molar-refractivity contribution in [2.75, 3.05) is 13.1 Å². The van der Waals surface area contributed by atoms with Crippen LogP contribution in [0.15, 0.2) is 18.2 Å². The van der Waals surface area contributed by atoms with Crippen LogP contribution in [0.5, 0.6) is 0 Å². The topological polar surface area (TPSA) is 15.3 Å². The van der Waals surface area contributed by atoms with Gasteiger partial charge in [-0.3, -0.25) is 4.90 Å². The number of nitrogens with one attached hydrogen (secondary N) is 1. The average Bonchev–Trinajstić information content (AvgIpc) is 3.27. The summed E-state index contributed by atoms with van der Waals surface area (Å²) in [6.45, 7) is 7.53. The highest BCUT2D eigenvalue weighted by Crippen LogP contribution is 2.35. The molecule has 2 fully saturated rings. The lowest BCUT2D eigenvalue weighted by atomic mass is 9.96. The van der Waals surface area contributed by atoms with Crippen molar-refractivity contribution in [3.05, 3.63) is 34.6 Å². The maximum absolute atomic E-state index is 13.3. The number of hydrogen-bond donors (Lipinski definition) is 1. The molecule has 1 N–H and O–H groups in total. The van der Waals surface area contributed by atoms with E-state index in [1.54, 1.807) is 6.07 Å². The molecule has 4 heteroatoms. The second kappa shape index (κ2) is 6.23. The van der Waals surface area contributed by atoms with Crippen LogP contribution >= 0.6 is 11.6 Å². The minimum Gasteiger partial charge on any atom is -0.311 e. The van der Waals surface area contributed by atoms with Gasteiger partial charge >= 0.3 is 0 Å². The minimum absolute atomic E-state index is 0.225. The number of nitrogens with zero attached hydrogens (tertiary/aromatic N) is 1. The summed E-state index contributed by atoms with van der Waals surface area (Å²) in [5.74, 6) is 1.13. The Balaban J connectivity index is 1.73. The number of piperazine rings is 1. The van der Waals surface area contributed by atoms with Gasteiger partial charge in [0.25, 0.3) is 0 Å². The third kappa shape index (κ3) is 3.58. The normalized spacial score (nSPS) is 27.3. The molecule has 116 valence electrons. The van der Waals surface area contributed by atoms with Crippen molar-refractivity contribution >= 4 is 11.6 Å². The van der Waals surface area contributed by atoms with E-state index < -0.39 is 0 Å². The third-order valence-electron chi connectivity index (χ3n) is 4.82. The first-order valence-corrected chi connectivity index (χ1v) is 8.33. The van der Waals surface area contributed by atoms with Crippen molar-refractivity contribution in [3.8, 4) is 0 Å². The first-order chi connectivity index (χ1) is 10.0. The predicted octanol–water partition coefficient (Wildman–Crippen LogP) is 3.69. The van der Waals surface area contributed by atoms with Gasteiger partial charge in [-0.2, -0.15) is 0 Å². The molecule has 1 heterocycles. The number of halogens is 2. The van der Waals surface area contributed by atoms with Crippen molar-refractivity contribution in [1.29, 1.82) is 0 Å². The molecule has 3 rings (SSSR count). The highest BCUT2D eigenvalue weighted by Gasteiger charge is 2.37. The molecule has 0 bridgehead atoms. The summed E-state index contributed by atoms with van der Waals surface area (Å²) in [5.41, 5.74) is 1.10. The average molecular weight is 311 g/mol. The fraction of sp³-hybridized carbons (Fsp3) is 0.647. The summed E-state index contributed by atoms with van der Waals surface area (Å²) in [5, 5.41) is 3.95. The first-order valence-electron chi connectivity index (χ1n) is 7.96. The molecule has 1 saturated carbocycles. The molecule has 2 nitrogen and oxygen atoms in total. The lowest BCUT2D eigenvalue weighted by Gasteiger charge is -2.42. The molecular formula is C17H24ClFN2. The van der Waals surface area contributed by atoms with Crippen molar-refractivity contribution in [3.63, 3.8) is 0 Å². The second-order valence-corrected chi connectivity index (χ2v) is 7.25. The van der Waals surface area contributed by atoms with Gasteiger partial charge in [0, 0.05) is 31.7 Å². The summed E-state index contributed by atoms with van der Waals surface area (Å²) in [6.07, 6.45) is 2.72. The van der Waals surface area contributed by atoms with Crippen LogP contribution < -0.4 is 5.32 Å². The number of benzene rings is 1. The summed E-state index contributed by atoms with van der Waals surface area (Å²) in [7, 11) is 0. The van der Waals surface area contributed by atoms with Crippen LogP contribution in [-0.4, -0.2) is 30.1 Å². The van der Waals surface area contributed by atoms with Gasteiger partial charge in [0.1, 0.15) is 5.82 Å². The summed E-state index contributed by atoms with van der Waals surface area (Å²) < 4.78 is 13.3. The van der Waals surface area contributed by atoms with Crippen LogP contribution in [0.4, 0.5) is 4.39 Å². The molecule has 21 heavy (non-hydrogen) atoms. The van der Waals surface area contributed by atoms with Crippen LogP contribution in [0.2, 0.25) is 5.02 Å². The monoisotopic (exact) mass is 310 g/mol. The number of rotatable bonds is 4. The van der Waals surface area contributed by atoms with Gasteiger partial charge in [-0.05, 0) is 42.4 Å². The minimum atomic E-state index is -0.336. The van der Waals surface area contributed by atoms with Gasteiger partial charge in [-0.25, -0.2) is 4.39 Å². The molecule has 0 amide bonds. The van der Waals surface area contributed by atoms with E-state index in [0.29, 0.717) is 18.0 Å². The quantitative estimate of drug-likeness (QED) is 0.912. The van der Waals surface area contributed by atoms with E-state index in [1.807, 2.05) is 6.07 Å². The smallest absolute Gasteiger partial charge is 0.141 e. The Kier molecular flexibility index (Phi) is 4.53. The molecule has 2 aliphatic rings. The lowest BCUT2D eigenvalue weighted by molar-refractivity contribution is 0.0852. The maximum Gasteiger partial charge on any atom is 0.141 e. The van der Waals surface area contributed by atoms with E-state index in [2.05, 4.69) is 24.1 Å². The van der Waals surface area contributed by atoms with Crippen LogP contribution in [0.1, 0.15) is 32.3 Å². The Bertz CT molecular complexity index is 502. The summed E-state index contributed by atoms with van der Waals surface area (Å²) in [6, 6.07) is 6.25. The highest BCUT2D eigenvalue weighted by atomic mass is 35.5. The van der Waals surface area contributed by atoms with E-state index in [-0.39, 0.29) is 10.8 Å². The third-order valence-corrected chi connectivity index (χ3v) is 5.11. The standard InChI is InChI=1S/C17H24ClFN2/c1-11(2)17-8-20-16(13-4-5-13)10-21(17)9-12-3-6-15(19)14(18)7-12/h3,6-7,11,13,16-17,20H,4-5,8-10H2,1-2H3. The molecule has 2 unspecified atom stereocenters. The molecule has 0 radical (unpaired) electrons. The van der Waals surface area contributed by atoms with Gasteiger partial charge in [0.15, 0.2) is 0 Å². The zero-order valence-electron chi connectivity index (χ0n) is 12.8. The number of hydrogen-bond acceptors (Lipinski definition) is 2. The van der Waals surface area contributed by atoms with Gasteiger partial charge in [0.2, 0.25) is 0 Å². The zero-order valence-corrected chi connectivity index (χ0v) is 13.5. The van der Waals surface area contributed by atoms with Gasteiger partial charge < -0.3 is 5.32 Å². The molecule has 2 atom stereocenters. The Morgan fingerprint density at radius 1 is 1.38 bits per heavy atom. The van der Waals surface area contributed by atoms with E-state index in [0.717, 1.165) is 31.1 Å². The summed E-state index contributed by atoms with van der Waals surface area (Å²) in [4.78, 5) is 2.55. The van der Waals surface area contributed by atoms with Crippen LogP contribution in [0.3, 0.4) is 0 Å². The summed E-state index contributed by atoms with van der Waals surface area (Å²) >= 11 is 5.91. The Morgan fingerprint density at radius 2 is 2.14 bits per heavy atom. The van der Waals surface area contributed by atoms with Gasteiger partial charge in [-0.1, -0.05) is 31.5 Å². The van der Waals surface area contributed by atoms with Crippen LogP contribution in [0.25, 0.3) is 0 Å². The second-order valence-electron chi connectivity index (χ2n) is 6.84. The molecule has 1 aliphatic heterocycles. The Labute approximate surface area is 131 Å². The molecule has 1 aromatic rings. The molecular weight excluding hydrogens is 287 g/mol. The Morgan fingerprint density at radius 3 is 2.76 bits per heavy atom. The van der Waals surface area contributed by atoms with Gasteiger partial charge in [0.05, 0.1) is 5.02 Å². The van der Waals surface area contributed by atoms with Crippen molar-refractivity contribution in [1.82, 2.24) is 10.2 Å². The fourth-order valence-electron chi connectivity index (χ4n) is 3.38. The van der Waals surface area contributed by atoms with Crippen molar-refractivity contribution < 1.29 is 4.39 Å². The van der Waals surface area contributed by atoms with Gasteiger partial charge in [-0.15, -0.1) is 0 Å². The first kappa shape index (κ1) is 15.3. The molecule has 0 spiro atoms. The van der Waals surface area contributed by atoms with E-state index in [9.17, 15) is 4.39 Å². The molecule has 1 aromatic carbocycles. The van der Waals surface area contributed by atoms with Crippen molar-refractivity contribution in [2.45, 2.75) is 45.3 Å². The lowest BCUT2D eigenvalue weighted by Crippen LogP contribution is -2.58. The molecule has 1 aliphatic carbocycles. The van der Waals surface area contributed by atoms with Crippen LogP contribution in [-0.2, 0) is 6.54 Å². The highest BCUT2D eigenvalue weighted by molar-refractivity contribution is 6.30. The molecule has 0 aromatic heterocycles. The largest absolute Gasteiger partial charge is 0.311 e. The van der Waals surface area contributed by atoms with Crippen molar-refractivity contribution in [2.24, 2.45) is 11.8 Å². The zero-order chi connectivity index (χ0) is 15.0. The van der Waals surface area contributed by atoms with E-state index in [4.69, 9.17) is 11.6 Å². The maximum atomic E-state index is 13.3. The molecule has 1 saturated heterocycles. The predicted molar refractivity (Wildman–Crippen MR) is 85.0 cm³/mol. The van der Waals surface area contributed by atoms with E-state index >= 15 is 0 Å². The van der Waals surface area contributed by atoms with Crippen LogP contribution in [0, 0.1) is 17.7 Å².